The predicted octanol–water partition coefficient (Wildman–Crippen LogP) is 3.53. The minimum Gasteiger partial charge on any atom is -0.313 e. The fourth-order valence-corrected chi connectivity index (χ4v) is 1.38. The highest BCUT2D eigenvalue weighted by atomic mass is 35.5. The van der Waals surface area contributed by atoms with E-state index in [1.165, 1.54) is 25.3 Å². The van der Waals surface area contributed by atoms with Gasteiger partial charge < -0.3 is 5.32 Å². The second-order valence-electron chi connectivity index (χ2n) is 3.51. The van der Waals surface area contributed by atoms with Gasteiger partial charge in [-0.25, -0.2) is 4.39 Å². The van der Waals surface area contributed by atoms with Gasteiger partial charge in [0.1, 0.15) is 5.82 Å². The molecule has 0 saturated heterocycles. The van der Waals surface area contributed by atoms with E-state index >= 15 is 0 Å². The summed E-state index contributed by atoms with van der Waals surface area (Å²) in [7, 11) is 0. The Morgan fingerprint density at radius 1 is 1.27 bits per heavy atom. The molecule has 0 saturated carbocycles. The first kappa shape index (κ1) is 14.4. The van der Waals surface area contributed by atoms with E-state index in [4.69, 9.17) is 0 Å². The van der Waals surface area contributed by atoms with Gasteiger partial charge in [0.25, 0.3) is 0 Å². The number of hydrogen-bond donors (Lipinski definition) is 1. The van der Waals surface area contributed by atoms with E-state index in [1.54, 1.807) is 12.1 Å². The molecule has 0 fully saturated rings. The van der Waals surface area contributed by atoms with Crippen molar-refractivity contribution in [1.82, 2.24) is 5.32 Å². The highest BCUT2D eigenvalue weighted by Crippen LogP contribution is 2.02. The minimum absolute atomic E-state index is 0. The Labute approximate surface area is 97.5 Å². The van der Waals surface area contributed by atoms with Crippen molar-refractivity contribution < 1.29 is 4.39 Å². The molecule has 0 amide bonds. The molecular weight excluding hydrogens is 213 g/mol. The predicted molar refractivity (Wildman–Crippen MR) is 64.9 cm³/mol. The fraction of sp³-hybridized carbons (Fsp3) is 0.500. The first-order chi connectivity index (χ1) is 6.83. The molecule has 1 aromatic carbocycles. The molecule has 0 radical (unpaired) electrons. The number of nitrogens with one attached hydrogen (secondary N) is 1. The molecule has 0 heterocycles. The normalized spacial score (nSPS) is 9.73. The van der Waals surface area contributed by atoms with E-state index in [9.17, 15) is 4.39 Å². The molecule has 0 bridgehead atoms. The maximum atomic E-state index is 12.8. The van der Waals surface area contributed by atoms with Gasteiger partial charge in [0.2, 0.25) is 0 Å². The third-order valence-electron chi connectivity index (χ3n) is 2.18. The maximum Gasteiger partial charge on any atom is 0.123 e. The van der Waals surface area contributed by atoms with Crippen LogP contribution in [0.1, 0.15) is 31.7 Å². The van der Waals surface area contributed by atoms with E-state index in [-0.39, 0.29) is 18.2 Å². The van der Waals surface area contributed by atoms with Crippen molar-refractivity contribution in [1.29, 1.82) is 0 Å². The van der Waals surface area contributed by atoms with Crippen molar-refractivity contribution in [3.63, 3.8) is 0 Å². The van der Waals surface area contributed by atoms with Crippen LogP contribution in [0.5, 0.6) is 0 Å². The average Bonchev–Trinajstić information content (AvgIpc) is 2.18. The summed E-state index contributed by atoms with van der Waals surface area (Å²) in [6.07, 6.45) is 3.70. The molecule has 0 aromatic heterocycles. The lowest BCUT2D eigenvalue weighted by atomic mass is 10.2. The Hall–Kier alpha value is -0.600. The third kappa shape index (κ3) is 6.47. The summed E-state index contributed by atoms with van der Waals surface area (Å²) in [5.74, 6) is -0.155. The molecule has 0 unspecified atom stereocenters. The quantitative estimate of drug-likeness (QED) is 0.739. The van der Waals surface area contributed by atoms with Gasteiger partial charge in [0, 0.05) is 6.54 Å². The van der Waals surface area contributed by atoms with Crippen molar-refractivity contribution in [2.24, 2.45) is 0 Å². The summed E-state index contributed by atoms with van der Waals surface area (Å²) in [5, 5.41) is 3.30. The third-order valence-corrected chi connectivity index (χ3v) is 2.18. The van der Waals surface area contributed by atoms with Crippen molar-refractivity contribution in [2.45, 2.75) is 32.7 Å². The number of unbranched alkanes of at least 4 members (excludes halogenated alkanes) is 2. The van der Waals surface area contributed by atoms with E-state index in [1.807, 2.05) is 6.07 Å². The van der Waals surface area contributed by atoms with Crippen LogP contribution in [0.15, 0.2) is 24.3 Å². The van der Waals surface area contributed by atoms with Gasteiger partial charge in [-0.15, -0.1) is 12.4 Å². The molecule has 0 spiro atoms. The van der Waals surface area contributed by atoms with Crippen molar-refractivity contribution in [2.75, 3.05) is 6.54 Å². The van der Waals surface area contributed by atoms with Gasteiger partial charge in [-0.2, -0.15) is 0 Å². The van der Waals surface area contributed by atoms with Gasteiger partial charge in [-0.3, -0.25) is 0 Å². The molecular formula is C12H19ClFN. The molecule has 3 heteroatoms. The van der Waals surface area contributed by atoms with Crippen molar-refractivity contribution in [3.05, 3.63) is 35.6 Å². The Kier molecular flexibility index (Phi) is 8.34. The molecule has 1 aromatic rings. The summed E-state index contributed by atoms with van der Waals surface area (Å²) in [6.45, 7) is 3.97. The van der Waals surface area contributed by atoms with Crippen LogP contribution < -0.4 is 5.32 Å². The summed E-state index contributed by atoms with van der Waals surface area (Å²) < 4.78 is 12.8. The first-order valence-corrected chi connectivity index (χ1v) is 5.28. The van der Waals surface area contributed by atoms with E-state index in [0.29, 0.717) is 0 Å². The number of hydrogen-bond acceptors (Lipinski definition) is 1. The summed E-state index contributed by atoms with van der Waals surface area (Å²) in [4.78, 5) is 0. The fourth-order valence-electron chi connectivity index (χ4n) is 1.38. The maximum absolute atomic E-state index is 12.8. The Bertz CT molecular complexity index is 266. The number of halogens is 2. The van der Waals surface area contributed by atoms with Crippen LogP contribution in [0.3, 0.4) is 0 Å². The molecule has 1 N–H and O–H groups in total. The minimum atomic E-state index is -0.155. The monoisotopic (exact) mass is 231 g/mol. The van der Waals surface area contributed by atoms with Crippen LogP contribution in [0.25, 0.3) is 0 Å². The van der Waals surface area contributed by atoms with Crippen LogP contribution in [0.4, 0.5) is 4.39 Å². The van der Waals surface area contributed by atoms with Gasteiger partial charge in [0.05, 0.1) is 0 Å². The van der Waals surface area contributed by atoms with Crippen molar-refractivity contribution >= 4 is 12.4 Å². The standard InChI is InChI=1S/C12H18FN.ClH/c1-2-3-4-8-14-10-11-6-5-7-12(13)9-11;/h5-7,9,14H,2-4,8,10H2,1H3;1H. The SMILES string of the molecule is CCCCCNCc1cccc(F)c1.Cl. The van der Waals surface area contributed by atoms with E-state index < -0.39 is 0 Å². The lowest BCUT2D eigenvalue weighted by molar-refractivity contribution is 0.605. The van der Waals surface area contributed by atoms with Gasteiger partial charge >= 0.3 is 0 Å². The lowest BCUT2D eigenvalue weighted by Crippen LogP contribution is -2.14. The molecule has 0 aliphatic rings. The zero-order chi connectivity index (χ0) is 10.2. The highest BCUT2D eigenvalue weighted by molar-refractivity contribution is 5.85. The lowest BCUT2D eigenvalue weighted by Gasteiger charge is -2.04. The summed E-state index contributed by atoms with van der Waals surface area (Å²) in [6, 6.07) is 6.74. The molecule has 0 atom stereocenters. The topological polar surface area (TPSA) is 12.0 Å². The molecule has 15 heavy (non-hydrogen) atoms. The average molecular weight is 232 g/mol. The zero-order valence-electron chi connectivity index (χ0n) is 9.13. The van der Waals surface area contributed by atoms with E-state index in [2.05, 4.69) is 12.2 Å². The number of benzene rings is 1. The molecule has 1 rings (SSSR count). The highest BCUT2D eigenvalue weighted by Gasteiger charge is 1.94. The van der Waals surface area contributed by atoms with Crippen LogP contribution in [-0.4, -0.2) is 6.54 Å². The molecule has 0 aliphatic heterocycles. The van der Waals surface area contributed by atoms with Crippen LogP contribution in [-0.2, 0) is 6.54 Å². The van der Waals surface area contributed by atoms with E-state index in [0.717, 1.165) is 18.7 Å². The second kappa shape index (κ2) is 8.69. The second-order valence-corrected chi connectivity index (χ2v) is 3.51. The molecule has 1 nitrogen and oxygen atoms in total. The van der Waals surface area contributed by atoms with Crippen molar-refractivity contribution in [3.8, 4) is 0 Å². The summed E-state index contributed by atoms with van der Waals surface area (Å²) in [5.41, 5.74) is 1.02. The Balaban J connectivity index is 0.00000196. The van der Waals surface area contributed by atoms with Gasteiger partial charge in [-0.05, 0) is 30.7 Å². The van der Waals surface area contributed by atoms with Crippen LogP contribution in [0, 0.1) is 5.82 Å². The zero-order valence-corrected chi connectivity index (χ0v) is 9.95. The molecule has 0 aliphatic carbocycles. The smallest absolute Gasteiger partial charge is 0.123 e. The van der Waals surface area contributed by atoms with Crippen LogP contribution in [0.2, 0.25) is 0 Å². The number of rotatable bonds is 6. The Morgan fingerprint density at radius 3 is 2.73 bits per heavy atom. The summed E-state index contributed by atoms with van der Waals surface area (Å²) >= 11 is 0. The van der Waals surface area contributed by atoms with Gasteiger partial charge in [0.15, 0.2) is 0 Å². The first-order valence-electron chi connectivity index (χ1n) is 5.28. The van der Waals surface area contributed by atoms with Crippen LogP contribution >= 0.6 is 12.4 Å². The molecule has 86 valence electrons. The van der Waals surface area contributed by atoms with Gasteiger partial charge in [-0.1, -0.05) is 31.9 Å². The largest absolute Gasteiger partial charge is 0.313 e. The Morgan fingerprint density at radius 2 is 2.07 bits per heavy atom.